The predicted octanol–water partition coefficient (Wildman–Crippen LogP) is 1.35. The number of hydrogen-bond acceptors (Lipinski definition) is 2. The molecule has 0 radical (unpaired) electrons. The molecular weight excluding hydrogens is 202 g/mol. The fraction of sp³-hybridized carbons (Fsp3) is 0.500. The third-order valence-corrected chi connectivity index (χ3v) is 2.44. The summed E-state index contributed by atoms with van der Waals surface area (Å²) in [5.41, 5.74) is 1.32. The molecule has 1 aromatic rings. The van der Waals surface area contributed by atoms with Crippen LogP contribution in [0.1, 0.15) is 36.5 Å². The second-order valence-corrected chi connectivity index (χ2v) is 3.82. The lowest BCUT2D eigenvalue weighted by Gasteiger charge is -2.09. The highest BCUT2D eigenvalue weighted by molar-refractivity contribution is 5.92. The monoisotopic (exact) mass is 219 g/mol. The molecule has 0 fully saturated rings. The van der Waals surface area contributed by atoms with Gasteiger partial charge in [0.25, 0.3) is 5.91 Å². The molecule has 1 amide bonds. The van der Waals surface area contributed by atoms with Gasteiger partial charge in [0.15, 0.2) is 0 Å². The molecule has 1 aromatic heterocycles. The van der Waals surface area contributed by atoms with Gasteiger partial charge < -0.3 is 5.32 Å². The molecular formula is C12H17N3O. The van der Waals surface area contributed by atoms with Gasteiger partial charge in [0.1, 0.15) is 12.2 Å². The second-order valence-electron chi connectivity index (χ2n) is 3.82. The van der Waals surface area contributed by atoms with Crippen molar-refractivity contribution in [2.45, 2.75) is 39.8 Å². The van der Waals surface area contributed by atoms with Crippen LogP contribution in [0.3, 0.4) is 0 Å². The highest BCUT2D eigenvalue weighted by Gasteiger charge is 2.13. The molecule has 0 saturated carbocycles. The highest BCUT2D eigenvalue weighted by Crippen LogP contribution is 2.03. The van der Waals surface area contributed by atoms with E-state index in [4.69, 9.17) is 6.42 Å². The first-order valence-electron chi connectivity index (χ1n) is 5.37. The number of aromatic nitrogens is 2. The Bertz CT molecular complexity index is 414. The molecule has 4 heteroatoms. The molecule has 1 atom stereocenters. The number of carbonyl (C=O) groups is 1. The van der Waals surface area contributed by atoms with Gasteiger partial charge in [-0.15, -0.1) is 6.42 Å². The quantitative estimate of drug-likeness (QED) is 0.777. The number of nitrogens with zero attached hydrogens (tertiary/aromatic N) is 2. The van der Waals surface area contributed by atoms with Gasteiger partial charge >= 0.3 is 0 Å². The molecule has 1 heterocycles. The summed E-state index contributed by atoms with van der Waals surface area (Å²) in [7, 11) is 0. The zero-order valence-corrected chi connectivity index (χ0v) is 9.95. The van der Waals surface area contributed by atoms with Gasteiger partial charge in [0, 0.05) is 11.7 Å². The van der Waals surface area contributed by atoms with E-state index >= 15 is 0 Å². The minimum absolute atomic E-state index is 0.145. The van der Waals surface area contributed by atoms with Crippen LogP contribution in [0.2, 0.25) is 0 Å². The third kappa shape index (κ3) is 2.86. The Morgan fingerprint density at radius 2 is 2.44 bits per heavy atom. The summed E-state index contributed by atoms with van der Waals surface area (Å²) in [5, 5.41) is 7.01. The van der Waals surface area contributed by atoms with Crippen LogP contribution in [0.25, 0.3) is 0 Å². The predicted molar refractivity (Wildman–Crippen MR) is 63.0 cm³/mol. The van der Waals surface area contributed by atoms with E-state index in [0.29, 0.717) is 12.2 Å². The topological polar surface area (TPSA) is 46.9 Å². The molecule has 0 aliphatic rings. The average molecular weight is 219 g/mol. The summed E-state index contributed by atoms with van der Waals surface area (Å²) in [6.07, 6.45) is 6.10. The summed E-state index contributed by atoms with van der Waals surface area (Å²) in [6.45, 7) is 6.25. The van der Waals surface area contributed by atoms with Gasteiger partial charge in [-0.25, -0.2) is 0 Å². The van der Waals surface area contributed by atoms with E-state index in [2.05, 4.69) is 16.3 Å². The molecule has 0 bridgehead atoms. The maximum absolute atomic E-state index is 11.7. The van der Waals surface area contributed by atoms with E-state index in [9.17, 15) is 4.79 Å². The van der Waals surface area contributed by atoms with Crippen LogP contribution in [-0.4, -0.2) is 21.7 Å². The maximum Gasteiger partial charge on any atom is 0.271 e. The van der Waals surface area contributed by atoms with Gasteiger partial charge in [-0.2, -0.15) is 5.10 Å². The normalized spacial score (nSPS) is 11.9. The zero-order valence-electron chi connectivity index (χ0n) is 9.95. The lowest BCUT2D eigenvalue weighted by molar-refractivity contribution is 0.0933. The van der Waals surface area contributed by atoms with Crippen LogP contribution in [0, 0.1) is 19.3 Å². The van der Waals surface area contributed by atoms with Crippen LogP contribution in [0.5, 0.6) is 0 Å². The minimum atomic E-state index is -0.145. The van der Waals surface area contributed by atoms with Crippen molar-refractivity contribution in [1.29, 1.82) is 0 Å². The highest BCUT2D eigenvalue weighted by atomic mass is 16.2. The molecule has 0 aliphatic carbocycles. The molecule has 1 unspecified atom stereocenters. The van der Waals surface area contributed by atoms with Crippen LogP contribution in [-0.2, 0) is 6.54 Å². The second kappa shape index (κ2) is 5.36. The Morgan fingerprint density at radius 3 is 3.00 bits per heavy atom. The molecule has 86 valence electrons. The SMILES string of the molecule is C#CCn1nc(C(=O)NC(C)CC)cc1C. The van der Waals surface area contributed by atoms with Crippen LogP contribution < -0.4 is 5.32 Å². The van der Waals surface area contributed by atoms with Crippen LogP contribution >= 0.6 is 0 Å². The number of rotatable bonds is 4. The van der Waals surface area contributed by atoms with Crippen molar-refractivity contribution in [2.24, 2.45) is 0 Å². The number of nitrogens with one attached hydrogen (secondary N) is 1. The third-order valence-electron chi connectivity index (χ3n) is 2.44. The Morgan fingerprint density at radius 1 is 1.75 bits per heavy atom. The van der Waals surface area contributed by atoms with E-state index in [1.165, 1.54) is 0 Å². The lowest BCUT2D eigenvalue weighted by Crippen LogP contribution is -2.32. The molecule has 4 nitrogen and oxygen atoms in total. The summed E-state index contributed by atoms with van der Waals surface area (Å²) in [4.78, 5) is 11.7. The first-order valence-corrected chi connectivity index (χ1v) is 5.37. The molecule has 1 N–H and O–H groups in total. The minimum Gasteiger partial charge on any atom is -0.348 e. The number of carbonyl (C=O) groups excluding carboxylic acids is 1. The molecule has 1 rings (SSSR count). The summed E-state index contributed by atoms with van der Waals surface area (Å²) < 4.78 is 1.64. The number of terminal acetylenes is 1. The fourth-order valence-corrected chi connectivity index (χ4v) is 1.27. The Labute approximate surface area is 96.0 Å². The van der Waals surface area contributed by atoms with Gasteiger partial charge in [0.2, 0.25) is 0 Å². The summed E-state index contributed by atoms with van der Waals surface area (Å²) >= 11 is 0. The molecule has 16 heavy (non-hydrogen) atoms. The zero-order chi connectivity index (χ0) is 12.1. The fourth-order valence-electron chi connectivity index (χ4n) is 1.27. The van der Waals surface area contributed by atoms with E-state index in [-0.39, 0.29) is 11.9 Å². The standard InChI is InChI=1S/C12H17N3O/c1-5-7-15-10(4)8-11(14-15)12(16)13-9(3)6-2/h1,8-9H,6-7H2,2-4H3,(H,13,16). The van der Waals surface area contributed by atoms with Crippen LogP contribution in [0.15, 0.2) is 6.07 Å². The van der Waals surface area contributed by atoms with E-state index < -0.39 is 0 Å². The molecule has 0 saturated heterocycles. The first kappa shape index (κ1) is 12.3. The van der Waals surface area contributed by atoms with Gasteiger partial charge in [-0.3, -0.25) is 9.48 Å². The molecule has 0 aliphatic heterocycles. The number of amides is 1. The largest absolute Gasteiger partial charge is 0.348 e. The van der Waals surface area contributed by atoms with Crippen molar-refractivity contribution in [2.75, 3.05) is 0 Å². The lowest BCUT2D eigenvalue weighted by atomic mass is 10.2. The van der Waals surface area contributed by atoms with Gasteiger partial charge in [0.05, 0.1) is 0 Å². The van der Waals surface area contributed by atoms with Gasteiger partial charge in [-0.05, 0) is 26.3 Å². The van der Waals surface area contributed by atoms with Crippen molar-refractivity contribution < 1.29 is 4.79 Å². The van der Waals surface area contributed by atoms with E-state index in [1.807, 2.05) is 20.8 Å². The Hall–Kier alpha value is -1.76. The van der Waals surface area contributed by atoms with Crippen molar-refractivity contribution in [3.05, 3.63) is 17.5 Å². The molecule has 0 aromatic carbocycles. The summed E-state index contributed by atoms with van der Waals surface area (Å²) in [6, 6.07) is 1.90. The van der Waals surface area contributed by atoms with Crippen molar-refractivity contribution in [3.63, 3.8) is 0 Å². The van der Waals surface area contributed by atoms with Crippen molar-refractivity contribution >= 4 is 5.91 Å². The van der Waals surface area contributed by atoms with Crippen molar-refractivity contribution in [3.8, 4) is 12.3 Å². The van der Waals surface area contributed by atoms with E-state index in [0.717, 1.165) is 12.1 Å². The van der Waals surface area contributed by atoms with Crippen LogP contribution in [0.4, 0.5) is 0 Å². The number of aryl methyl sites for hydroxylation is 1. The first-order chi connectivity index (χ1) is 7.58. The smallest absolute Gasteiger partial charge is 0.271 e. The maximum atomic E-state index is 11.7. The Balaban J connectivity index is 2.77. The number of hydrogen-bond donors (Lipinski definition) is 1. The van der Waals surface area contributed by atoms with E-state index in [1.54, 1.807) is 10.7 Å². The van der Waals surface area contributed by atoms with Gasteiger partial charge in [-0.1, -0.05) is 12.8 Å². The molecule has 0 spiro atoms. The Kier molecular flexibility index (Phi) is 4.12. The van der Waals surface area contributed by atoms with Crippen molar-refractivity contribution in [1.82, 2.24) is 15.1 Å². The summed E-state index contributed by atoms with van der Waals surface area (Å²) in [5.74, 6) is 2.35. The average Bonchev–Trinajstić information content (AvgIpc) is 2.61.